The van der Waals surface area contributed by atoms with Crippen molar-refractivity contribution < 1.29 is 58.2 Å². The average Bonchev–Trinajstić information content (AvgIpc) is 1.62. The Morgan fingerprint density at radius 3 is 1.50 bits per heavy atom. The van der Waals surface area contributed by atoms with E-state index in [-0.39, 0.29) is 65.7 Å². The minimum atomic E-state index is -0.114. The average molecular weight is 230 g/mol. The Kier molecular flexibility index (Phi) is 8.11. The van der Waals surface area contributed by atoms with E-state index in [1.807, 2.05) is 0 Å². The molecule has 0 aliphatic heterocycles. The fraction of sp³-hybridized carbons (Fsp3) is 0.750. The van der Waals surface area contributed by atoms with Gasteiger partial charge in [-0.15, -0.1) is 19.5 Å². The van der Waals surface area contributed by atoms with Gasteiger partial charge in [-0.05, 0) is 20.8 Å². The van der Waals surface area contributed by atoms with Gasteiger partial charge in [-0.25, -0.2) is 0 Å². The van der Waals surface area contributed by atoms with Crippen LogP contribution in [0.5, 0.6) is 0 Å². The van der Waals surface area contributed by atoms with Crippen LogP contribution >= 0.6 is 7.55 Å². The number of hydrogen-bond donors (Lipinski definition) is 0. The van der Waals surface area contributed by atoms with Gasteiger partial charge in [0, 0.05) is 6.30 Å². The molecule has 0 aliphatic rings. The van der Waals surface area contributed by atoms with Crippen LogP contribution in [0.2, 0.25) is 0 Å². The molecule has 54 valence electrons. The second-order valence-corrected chi connectivity index (χ2v) is 6.64. The van der Waals surface area contributed by atoms with Crippen molar-refractivity contribution in [3.05, 3.63) is 5.66 Å². The van der Waals surface area contributed by atoms with E-state index >= 15 is 0 Å². The predicted molar refractivity (Wildman–Crippen MR) is 48.4 cm³/mol. The van der Waals surface area contributed by atoms with Crippen molar-refractivity contribution in [2.24, 2.45) is 0 Å². The molecular weight excluding hydrogens is 213 g/mol. The minimum Gasteiger partial charge on any atom is -0.148 e. The molecule has 0 aromatic carbocycles. The maximum absolute atomic E-state index is 4.14. The van der Waals surface area contributed by atoms with Crippen LogP contribution in [-0.4, -0.2) is 11.5 Å². The van der Waals surface area contributed by atoms with Gasteiger partial charge in [0.05, 0.1) is 5.16 Å². The van der Waals surface area contributed by atoms with Gasteiger partial charge in [0.15, 0.2) is 0 Å². The SMILES string of the molecule is C=[P+]([C-](C)C)C(C)(C)C.[Rb+]. The molecule has 0 aromatic heterocycles. The Labute approximate surface area is 115 Å². The fourth-order valence-electron chi connectivity index (χ4n) is 0.671. The molecule has 0 N–H and O–H groups in total. The summed E-state index contributed by atoms with van der Waals surface area (Å²) in [6.45, 7) is 11.1. The van der Waals surface area contributed by atoms with Crippen LogP contribution in [0.25, 0.3) is 0 Å². The van der Waals surface area contributed by atoms with Crippen molar-refractivity contribution in [1.82, 2.24) is 0 Å². The third-order valence-corrected chi connectivity index (χ3v) is 4.05. The summed E-state index contributed by atoms with van der Waals surface area (Å²) >= 11 is 0. The molecule has 0 saturated heterocycles. The molecule has 0 bridgehead atoms. The van der Waals surface area contributed by atoms with Gasteiger partial charge in [-0.3, -0.25) is 0 Å². The van der Waals surface area contributed by atoms with E-state index in [0.29, 0.717) is 5.16 Å². The first-order valence-corrected chi connectivity index (χ1v) is 4.79. The van der Waals surface area contributed by atoms with E-state index in [1.54, 1.807) is 0 Å². The van der Waals surface area contributed by atoms with Crippen molar-refractivity contribution in [2.45, 2.75) is 39.8 Å². The van der Waals surface area contributed by atoms with E-state index in [2.05, 4.69) is 40.9 Å². The van der Waals surface area contributed by atoms with Crippen molar-refractivity contribution in [3.63, 3.8) is 0 Å². The second-order valence-electron chi connectivity index (χ2n) is 3.55. The quantitative estimate of drug-likeness (QED) is 0.448. The molecule has 0 amide bonds. The van der Waals surface area contributed by atoms with Crippen molar-refractivity contribution >= 4 is 13.8 Å². The van der Waals surface area contributed by atoms with Crippen LogP contribution in [0.3, 0.4) is 0 Å². The van der Waals surface area contributed by atoms with Crippen LogP contribution < -0.4 is 58.2 Å². The largest absolute Gasteiger partial charge is 1.00 e. The van der Waals surface area contributed by atoms with E-state index in [0.717, 1.165) is 0 Å². The third-order valence-electron chi connectivity index (χ3n) is 1.35. The molecule has 0 saturated carbocycles. The van der Waals surface area contributed by atoms with Gasteiger partial charge in [0.25, 0.3) is 0 Å². The van der Waals surface area contributed by atoms with Crippen LogP contribution in [0, 0.1) is 5.66 Å². The summed E-state index contributed by atoms with van der Waals surface area (Å²) in [5.74, 6) is 0. The van der Waals surface area contributed by atoms with Gasteiger partial charge in [0.2, 0.25) is 0 Å². The first-order valence-electron chi connectivity index (χ1n) is 3.26. The first-order chi connectivity index (χ1) is 3.85. The van der Waals surface area contributed by atoms with Gasteiger partial charge >= 0.3 is 58.2 Å². The van der Waals surface area contributed by atoms with Crippen LogP contribution in [0.4, 0.5) is 0 Å². The Bertz CT molecular complexity index is 111. The van der Waals surface area contributed by atoms with Crippen molar-refractivity contribution in [3.8, 4) is 0 Å². The number of hydrogen-bond acceptors (Lipinski definition) is 0. The summed E-state index contributed by atoms with van der Waals surface area (Å²) in [5.41, 5.74) is 1.48. The smallest absolute Gasteiger partial charge is 0.148 e. The molecule has 1 unspecified atom stereocenters. The molecule has 0 radical (unpaired) electrons. The molecule has 0 spiro atoms. The summed E-state index contributed by atoms with van der Waals surface area (Å²) in [6.07, 6.45) is 4.14. The summed E-state index contributed by atoms with van der Waals surface area (Å²) < 4.78 is 0. The monoisotopic (exact) mass is 229 g/mol. The Hall–Kier alpha value is 1.98. The number of rotatable bonds is 1. The topological polar surface area (TPSA) is 0 Å². The third kappa shape index (κ3) is 5.60. The van der Waals surface area contributed by atoms with Gasteiger partial charge in [0.1, 0.15) is 0 Å². The molecule has 0 heterocycles. The fourth-order valence-corrected chi connectivity index (χ4v) is 2.01. The summed E-state index contributed by atoms with van der Waals surface area (Å²) in [5, 5.41) is 0.397. The predicted octanol–water partition coefficient (Wildman–Crippen LogP) is 0.275. The Balaban J connectivity index is 0. The normalized spacial score (nSPS) is 12.8. The van der Waals surface area contributed by atoms with Crippen LogP contribution in [-0.2, 0) is 0 Å². The second kappa shape index (κ2) is 5.59. The zero-order valence-corrected chi connectivity index (χ0v) is 14.0. The van der Waals surface area contributed by atoms with E-state index in [4.69, 9.17) is 0 Å². The molecule has 0 rings (SSSR count). The van der Waals surface area contributed by atoms with E-state index < -0.39 is 0 Å². The van der Waals surface area contributed by atoms with Crippen molar-refractivity contribution in [2.75, 3.05) is 0 Å². The summed E-state index contributed by atoms with van der Waals surface area (Å²) in [7, 11) is -0.114. The minimum absolute atomic E-state index is 0. The molecule has 0 aromatic rings. The van der Waals surface area contributed by atoms with Crippen LogP contribution in [0.15, 0.2) is 0 Å². The van der Waals surface area contributed by atoms with Crippen molar-refractivity contribution in [1.29, 1.82) is 0 Å². The molecule has 10 heavy (non-hydrogen) atoms. The summed E-state index contributed by atoms with van der Waals surface area (Å²) in [4.78, 5) is 0. The maximum Gasteiger partial charge on any atom is 1.00 e. The Morgan fingerprint density at radius 2 is 1.50 bits per heavy atom. The van der Waals surface area contributed by atoms with Crippen LogP contribution in [0.1, 0.15) is 34.6 Å². The first kappa shape index (κ1) is 14.5. The van der Waals surface area contributed by atoms with Gasteiger partial charge < -0.3 is 0 Å². The summed E-state index contributed by atoms with van der Waals surface area (Å²) in [6, 6.07) is 0. The van der Waals surface area contributed by atoms with Gasteiger partial charge in [-0.2, -0.15) is 0 Å². The van der Waals surface area contributed by atoms with Gasteiger partial charge in [-0.1, -0.05) is 7.55 Å². The maximum atomic E-state index is 4.14. The van der Waals surface area contributed by atoms with E-state index in [1.165, 1.54) is 5.66 Å². The zero-order chi connectivity index (χ0) is 7.65. The molecule has 0 aliphatic carbocycles. The van der Waals surface area contributed by atoms with E-state index in [9.17, 15) is 0 Å². The molecule has 0 nitrogen and oxygen atoms in total. The Morgan fingerprint density at radius 1 is 1.20 bits per heavy atom. The zero-order valence-electron chi connectivity index (χ0n) is 8.15. The molecule has 1 atom stereocenters. The molecular formula is C8H17PRb+. The molecule has 0 fully saturated rings. The standard InChI is InChI=1S/C8H17P.Rb/c1-7(2)9(6)8(3,4)5;/h6H2,1-5H3;/q;+1. The molecule has 2 heteroatoms.